The van der Waals surface area contributed by atoms with E-state index in [1.165, 1.54) is 6.08 Å². The number of nitrogens with zero attached hydrogens (tertiary/aromatic N) is 1. The molecule has 30 heavy (non-hydrogen) atoms. The number of benzene rings is 3. The van der Waals surface area contributed by atoms with Gasteiger partial charge in [0.25, 0.3) is 0 Å². The summed E-state index contributed by atoms with van der Waals surface area (Å²) in [4.78, 5) is 29.1. The number of carbonyl (C=O) groups excluding carboxylic acids is 2. The Bertz CT molecular complexity index is 1200. The van der Waals surface area contributed by atoms with Gasteiger partial charge in [-0.15, -0.1) is 0 Å². The third-order valence-corrected chi connectivity index (χ3v) is 4.74. The maximum Gasteiger partial charge on any atom is 0.363 e. The molecule has 0 saturated carbocycles. The lowest BCUT2D eigenvalue weighted by Gasteiger charge is -2.07. The van der Waals surface area contributed by atoms with Crippen LogP contribution >= 0.6 is 11.6 Å². The molecule has 0 aromatic heterocycles. The first-order chi connectivity index (χ1) is 14.5. The molecule has 3 aromatic carbocycles. The zero-order valence-electron chi connectivity index (χ0n) is 16.0. The van der Waals surface area contributed by atoms with Gasteiger partial charge >= 0.3 is 11.9 Å². The van der Waals surface area contributed by atoms with Crippen molar-refractivity contribution in [3.05, 3.63) is 106 Å². The lowest BCUT2D eigenvalue weighted by atomic mass is 10.1. The molecule has 0 aliphatic carbocycles. The minimum Gasteiger partial charge on any atom is -0.422 e. The van der Waals surface area contributed by atoms with Crippen LogP contribution in [0.15, 0.2) is 83.5 Å². The number of hydrogen-bond donors (Lipinski definition) is 0. The van der Waals surface area contributed by atoms with Gasteiger partial charge < -0.3 is 9.47 Å². The molecule has 4 rings (SSSR count). The van der Waals surface area contributed by atoms with E-state index in [-0.39, 0.29) is 11.6 Å². The van der Waals surface area contributed by atoms with Crippen molar-refractivity contribution in [2.75, 3.05) is 0 Å². The average Bonchev–Trinajstić information content (AvgIpc) is 3.10. The van der Waals surface area contributed by atoms with Crippen LogP contribution in [0.4, 0.5) is 0 Å². The monoisotopic (exact) mass is 417 g/mol. The summed E-state index contributed by atoms with van der Waals surface area (Å²) in [7, 11) is 0. The van der Waals surface area contributed by atoms with Gasteiger partial charge in [-0.2, -0.15) is 0 Å². The van der Waals surface area contributed by atoms with Crippen LogP contribution < -0.4 is 4.74 Å². The Labute approximate surface area is 178 Å². The number of para-hydroxylation sites is 1. The van der Waals surface area contributed by atoms with Crippen LogP contribution in [0.3, 0.4) is 0 Å². The minimum atomic E-state index is -0.563. The van der Waals surface area contributed by atoms with Crippen LogP contribution in [0.5, 0.6) is 5.75 Å². The maximum absolute atomic E-state index is 12.4. The van der Waals surface area contributed by atoms with Gasteiger partial charge in [-0.05, 0) is 55.0 Å². The molecule has 0 fully saturated rings. The zero-order valence-corrected chi connectivity index (χ0v) is 16.7. The van der Waals surface area contributed by atoms with E-state index < -0.39 is 11.9 Å². The summed E-state index contributed by atoms with van der Waals surface area (Å²) in [6, 6.07) is 20.8. The number of hydrogen-bond acceptors (Lipinski definition) is 5. The van der Waals surface area contributed by atoms with Crippen LogP contribution in [0.2, 0.25) is 5.02 Å². The Balaban J connectivity index is 1.63. The first-order valence-corrected chi connectivity index (χ1v) is 9.54. The fourth-order valence-corrected chi connectivity index (χ4v) is 3.05. The Morgan fingerprint density at radius 2 is 1.70 bits per heavy atom. The molecule has 1 aliphatic heterocycles. The van der Waals surface area contributed by atoms with Crippen molar-refractivity contribution in [1.82, 2.24) is 0 Å². The van der Waals surface area contributed by atoms with Crippen molar-refractivity contribution < 1.29 is 19.1 Å². The molecule has 6 heteroatoms. The van der Waals surface area contributed by atoms with Gasteiger partial charge in [0.05, 0.1) is 5.56 Å². The summed E-state index contributed by atoms with van der Waals surface area (Å²) in [5.74, 6) is -0.542. The van der Waals surface area contributed by atoms with E-state index >= 15 is 0 Å². The van der Waals surface area contributed by atoms with Crippen molar-refractivity contribution in [1.29, 1.82) is 0 Å². The van der Waals surface area contributed by atoms with Gasteiger partial charge in [-0.3, -0.25) is 0 Å². The molecule has 0 bridgehead atoms. The zero-order chi connectivity index (χ0) is 21.1. The third kappa shape index (κ3) is 4.16. The Kier molecular flexibility index (Phi) is 5.46. The fourth-order valence-electron chi connectivity index (χ4n) is 2.92. The van der Waals surface area contributed by atoms with E-state index in [0.29, 0.717) is 21.9 Å². The second-order valence-corrected chi connectivity index (χ2v) is 7.02. The van der Waals surface area contributed by atoms with Gasteiger partial charge in [0.2, 0.25) is 5.90 Å². The van der Waals surface area contributed by atoms with E-state index in [0.717, 1.165) is 11.1 Å². The van der Waals surface area contributed by atoms with E-state index in [4.69, 9.17) is 21.1 Å². The molecule has 0 spiro atoms. The van der Waals surface area contributed by atoms with Crippen molar-refractivity contribution in [3.63, 3.8) is 0 Å². The van der Waals surface area contributed by atoms with E-state index in [9.17, 15) is 9.59 Å². The number of ether oxygens (including phenoxy) is 2. The SMILES string of the molecule is Cc1ccccc1C1=N/C(=C\c2ccccc2OC(=O)c2ccc(Cl)cc2)C(=O)O1. The molecule has 0 N–H and O–H groups in total. The van der Waals surface area contributed by atoms with Crippen LogP contribution in [-0.4, -0.2) is 17.8 Å². The average molecular weight is 418 g/mol. The molecule has 1 aliphatic rings. The normalized spacial score (nSPS) is 14.4. The second kappa shape index (κ2) is 8.35. The van der Waals surface area contributed by atoms with Crippen LogP contribution in [0, 0.1) is 6.92 Å². The van der Waals surface area contributed by atoms with Crippen molar-refractivity contribution in [3.8, 4) is 5.75 Å². The second-order valence-electron chi connectivity index (χ2n) is 6.59. The predicted octanol–water partition coefficient (Wildman–Crippen LogP) is 5.21. The molecule has 0 radical (unpaired) electrons. The number of cyclic esters (lactones) is 1. The lowest BCUT2D eigenvalue weighted by Crippen LogP contribution is -2.09. The summed E-state index contributed by atoms with van der Waals surface area (Å²) in [5, 5.41) is 0.527. The number of aliphatic imine (C=N–C) groups is 1. The number of esters is 2. The van der Waals surface area contributed by atoms with Crippen molar-refractivity contribution in [2.24, 2.45) is 4.99 Å². The molecular formula is C24H16ClNO4. The summed E-state index contributed by atoms with van der Waals surface area (Å²) >= 11 is 5.86. The number of carbonyl (C=O) groups is 2. The summed E-state index contributed by atoms with van der Waals surface area (Å²) < 4.78 is 10.9. The maximum atomic E-state index is 12.4. The third-order valence-electron chi connectivity index (χ3n) is 4.49. The van der Waals surface area contributed by atoms with Gasteiger partial charge in [-0.1, -0.05) is 48.0 Å². The van der Waals surface area contributed by atoms with Gasteiger partial charge in [0.1, 0.15) is 5.75 Å². The molecule has 0 saturated heterocycles. The van der Waals surface area contributed by atoms with E-state index in [1.807, 2.05) is 31.2 Å². The van der Waals surface area contributed by atoms with Crippen LogP contribution in [0.25, 0.3) is 6.08 Å². The molecule has 1 heterocycles. The number of rotatable bonds is 4. The predicted molar refractivity (Wildman–Crippen MR) is 115 cm³/mol. The van der Waals surface area contributed by atoms with Gasteiger partial charge in [-0.25, -0.2) is 14.6 Å². The molecule has 0 atom stereocenters. The van der Waals surface area contributed by atoms with Gasteiger partial charge in [0, 0.05) is 16.1 Å². The van der Waals surface area contributed by atoms with E-state index in [2.05, 4.69) is 4.99 Å². The highest BCUT2D eigenvalue weighted by molar-refractivity contribution is 6.30. The highest BCUT2D eigenvalue weighted by atomic mass is 35.5. The fraction of sp³-hybridized carbons (Fsp3) is 0.0417. The Morgan fingerprint density at radius 3 is 2.47 bits per heavy atom. The first kappa shape index (κ1) is 19.6. The van der Waals surface area contributed by atoms with Crippen LogP contribution in [0.1, 0.15) is 27.0 Å². The number of halogens is 1. The molecule has 148 valence electrons. The molecule has 0 unspecified atom stereocenters. The Morgan fingerprint density at radius 1 is 1.00 bits per heavy atom. The highest BCUT2D eigenvalue weighted by Gasteiger charge is 2.25. The summed E-state index contributed by atoms with van der Waals surface area (Å²) in [6.07, 6.45) is 1.54. The number of aryl methyl sites for hydroxylation is 1. The van der Waals surface area contributed by atoms with Gasteiger partial charge in [0.15, 0.2) is 5.70 Å². The lowest BCUT2D eigenvalue weighted by molar-refractivity contribution is -0.129. The molecule has 3 aromatic rings. The van der Waals surface area contributed by atoms with Crippen molar-refractivity contribution in [2.45, 2.75) is 6.92 Å². The largest absolute Gasteiger partial charge is 0.422 e. The highest BCUT2D eigenvalue weighted by Crippen LogP contribution is 2.26. The van der Waals surface area contributed by atoms with Crippen LogP contribution in [-0.2, 0) is 9.53 Å². The standard InChI is InChI=1S/C24H16ClNO4/c1-15-6-2-4-8-19(15)22-26-20(24(28)30-22)14-17-7-3-5-9-21(17)29-23(27)16-10-12-18(25)13-11-16/h2-14H,1H3/b20-14-. The smallest absolute Gasteiger partial charge is 0.363 e. The minimum absolute atomic E-state index is 0.128. The quantitative estimate of drug-likeness (QED) is 0.332. The van der Waals surface area contributed by atoms with E-state index in [1.54, 1.807) is 48.5 Å². The molecule has 0 amide bonds. The summed E-state index contributed by atoms with van der Waals surface area (Å²) in [6.45, 7) is 1.92. The first-order valence-electron chi connectivity index (χ1n) is 9.16. The Hall–Kier alpha value is -3.70. The molecule has 5 nitrogen and oxygen atoms in total. The topological polar surface area (TPSA) is 65.0 Å². The summed E-state index contributed by atoms with van der Waals surface area (Å²) in [5.41, 5.74) is 2.71. The van der Waals surface area contributed by atoms with Crippen molar-refractivity contribution >= 4 is 35.5 Å². The molecular weight excluding hydrogens is 402 g/mol.